The van der Waals surface area contributed by atoms with Crippen molar-refractivity contribution in [1.82, 2.24) is 14.9 Å². The summed E-state index contributed by atoms with van der Waals surface area (Å²) < 4.78 is 0. The first-order valence-electron chi connectivity index (χ1n) is 9.25. The fraction of sp³-hybridized carbons (Fsp3) is 0.400. The molecule has 2 aliphatic rings. The van der Waals surface area contributed by atoms with Crippen molar-refractivity contribution in [3.8, 4) is 0 Å². The molecule has 2 aromatic rings. The zero-order valence-electron chi connectivity index (χ0n) is 15.6. The van der Waals surface area contributed by atoms with Gasteiger partial charge in [-0.15, -0.1) is 0 Å². The van der Waals surface area contributed by atoms with Crippen LogP contribution in [0.5, 0.6) is 0 Å². The monoisotopic (exact) mass is 365 g/mol. The van der Waals surface area contributed by atoms with Crippen LogP contribution in [0, 0.1) is 13.8 Å². The summed E-state index contributed by atoms with van der Waals surface area (Å²) in [7, 11) is 0. The lowest BCUT2D eigenvalue weighted by atomic mass is 10.1. The second kappa shape index (κ2) is 7.08. The fourth-order valence-electron chi connectivity index (χ4n) is 3.82. The molecular formula is C20H23N5O2. The summed E-state index contributed by atoms with van der Waals surface area (Å²) in [4.78, 5) is 39.9. The van der Waals surface area contributed by atoms with E-state index in [1.807, 2.05) is 32.0 Å². The second-order valence-corrected chi connectivity index (χ2v) is 7.08. The van der Waals surface area contributed by atoms with Crippen LogP contribution >= 0.6 is 0 Å². The van der Waals surface area contributed by atoms with Crippen LogP contribution in [0.15, 0.2) is 36.7 Å². The number of imide groups is 1. The van der Waals surface area contributed by atoms with Crippen molar-refractivity contribution in [3.63, 3.8) is 0 Å². The number of nitrogens with zero attached hydrogens (tertiary/aromatic N) is 5. The number of aromatic nitrogens is 2. The zero-order valence-corrected chi connectivity index (χ0v) is 15.6. The number of anilines is 2. The molecule has 3 heterocycles. The van der Waals surface area contributed by atoms with Gasteiger partial charge in [0.25, 0.3) is 5.91 Å². The maximum atomic E-state index is 13.1. The summed E-state index contributed by atoms with van der Waals surface area (Å²) in [5, 5.41) is 0. The number of carbonyl (C=O) groups excluding carboxylic acids is 2. The molecule has 1 atom stereocenters. The van der Waals surface area contributed by atoms with Crippen LogP contribution in [0.4, 0.5) is 11.6 Å². The van der Waals surface area contributed by atoms with E-state index < -0.39 is 0 Å². The van der Waals surface area contributed by atoms with Crippen molar-refractivity contribution < 1.29 is 9.59 Å². The number of carbonyl (C=O) groups is 2. The minimum Gasteiger partial charge on any atom is -0.338 e. The molecule has 0 N–H and O–H groups in total. The molecule has 7 nitrogen and oxygen atoms in total. The Kier molecular flexibility index (Phi) is 4.61. The minimum atomic E-state index is -0.378. The Hall–Kier alpha value is -2.80. The molecule has 2 amide bonds. The molecule has 0 bridgehead atoms. The van der Waals surface area contributed by atoms with Crippen molar-refractivity contribution in [2.24, 2.45) is 0 Å². The molecule has 1 aromatic heterocycles. The first kappa shape index (κ1) is 17.6. The van der Waals surface area contributed by atoms with Crippen molar-refractivity contribution in [3.05, 3.63) is 47.8 Å². The number of piperazine rings is 1. The van der Waals surface area contributed by atoms with Gasteiger partial charge in [0.1, 0.15) is 0 Å². The standard InChI is InChI=1S/C20H23N5O2/c1-14-5-3-6-16(15(14)2)25-18(26)13-17(19(25)27)23-9-11-24(12-10-23)20-21-7-4-8-22-20/h3-8,17H,9-13H2,1-2H3/t17-/m0/s1. The van der Waals surface area contributed by atoms with Gasteiger partial charge >= 0.3 is 0 Å². The van der Waals surface area contributed by atoms with Gasteiger partial charge in [0, 0.05) is 38.6 Å². The van der Waals surface area contributed by atoms with Crippen molar-refractivity contribution in [1.29, 1.82) is 0 Å². The predicted octanol–water partition coefficient (Wildman–Crippen LogP) is 1.55. The predicted molar refractivity (Wildman–Crippen MR) is 103 cm³/mol. The first-order valence-corrected chi connectivity index (χ1v) is 9.25. The molecule has 2 saturated heterocycles. The van der Waals surface area contributed by atoms with Crippen LogP contribution in [-0.2, 0) is 9.59 Å². The highest BCUT2D eigenvalue weighted by Crippen LogP contribution is 2.30. The van der Waals surface area contributed by atoms with Gasteiger partial charge in [-0.05, 0) is 37.1 Å². The maximum absolute atomic E-state index is 13.1. The quantitative estimate of drug-likeness (QED) is 0.769. The van der Waals surface area contributed by atoms with E-state index >= 15 is 0 Å². The smallest absolute Gasteiger partial charge is 0.251 e. The average Bonchev–Trinajstić information content (AvgIpc) is 2.99. The number of aryl methyl sites for hydroxylation is 1. The van der Waals surface area contributed by atoms with Gasteiger partial charge in [-0.3, -0.25) is 14.5 Å². The van der Waals surface area contributed by atoms with E-state index in [4.69, 9.17) is 0 Å². The zero-order chi connectivity index (χ0) is 19.0. The van der Waals surface area contributed by atoms with E-state index in [2.05, 4.69) is 19.8 Å². The highest BCUT2D eigenvalue weighted by molar-refractivity contribution is 6.22. The Morgan fingerprint density at radius 2 is 1.67 bits per heavy atom. The lowest BCUT2D eigenvalue weighted by Gasteiger charge is -2.36. The molecule has 7 heteroatoms. The molecule has 0 spiro atoms. The van der Waals surface area contributed by atoms with E-state index in [9.17, 15) is 9.59 Å². The molecule has 27 heavy (non-hydrogen) atoms. The van der Waals surface area contributed by atoms with Crippen LogP contribution in [-0.4, -0.2) is 58.9 Å². The molecule has 0 unspecified atom stereocenters. The third-order valence-electron chi connectivity index (χ3n) is 5.53. The summed E-state index contributed by atoms with van der Waals surface area (Å²) in [6, 6.07) is 7.16. The Balaban J connectivity index is 1.48. The van der Waals surface area contributed by atoms with Crippen LogP contribution in [0.2, 0.25) is 0 Å². The summed E-state index contributed by atoms with van der Waals surface area (Å²) in [6.45, 7) is 6.85. The second-order valence-electron chi connectivity index (χ2n) is 7.08. The van der Waals surface area contributed by atoms with Gasteiger partial charge in [0.15, 0.2) is 0 Å². The Bertz CT molecular complexity index is 862. The van der Waals surface area contributed by atoms with Crippen molar-refractivity contribution >= 4 is 23.5 Å². The van der Waals surface area contributed by atoms with Gasteiger partial charge in [0.2, 0.25) is 11.9 Å². The number of amides is 2. The third kappa shape index (κ3) is 3.19. The van der Waals surface area contributed by atoms with Gasteiger partial charge in [-0.2, -0.15) is 0 Å². The van der Waals surface area contributed by atoms with Gasteiger partial charge in [0.05, 0.1) is 18.2 Å². The lowest BCUT2D eigenvalue weighted by molar-refractivity contribution is -0.123. The summed E-state index contributed by atoms with van der Waals surface area (Å²) in [5.74, 6) is 0.480. The summed E-state index contributed by atoms with van der Waals surface area (Å²) in [5.41, 5.74) is 2.77. The Morgan fingerprint density at radius 1 is 0.963 bits per heavy atom. The van der Waals surface area contributed by atoms with E-state index in [1.165, 1.54) is 4.90 Å². The van der Waals surface area contributed by atoms with E-state index in [1.54, 1.807) is 18.5 Å². The Labute approximate surface area is 158 Å². The lowest BCUT2D eigenvalue weighted by Crippen LogP contribution is -2.53. The SMILES string of the molecule is Cc1cccc(N2C(=O)C[C@H](N3CCN(c4ncccn4)CC3)C2=O)c1C. The normalized spacial score (nSPS) is 21.2. The number of rotatable bonds is 3. The molecule has 2 aliphatic heterocycles. The van der Waals surface area contributed by atoms with Gasteiger partial charge in [-0.25, -0.2) is 14.9 Å². The molecule has 140 valence electrons. The van der Waals surface area contributed by atoms with E-state index in [-0.39, 0.29) is 24.3 Å². The number of hydrogen-bond acceptors (Lipinski definition) is 6. The van der Waals surface area contributed by atoms with Gasteiger partial charge in [-0.1, -0.05) is 12.1 Å². The van der Waals surface area contributed by atoms with E-state index in [0.29, 0.717) is 24.7 Å². The van der Waals surface area contributed by atoms with E-state index in [0.717, 1.165) is 24.2 Å². The maximum Gasteiger partial charge on any atom is 0.251 e. The minimum absolute atomic E-state index is 0.113. The molecule has 1 aromatic carbocycles. The first-order chi connectivity index (χ1) is 13.1. The molecule has 4 rings (SSSR count). The average molecular weight is 365 g/mol. The summed E-state index contributed by atoms with van der Waals surface area (Å²) in [6.07, 6.45) is 3.71. The Morgan fingerprint density at radius 3 is 2.37 bits per heavy atom. The molecule has 0 aliphatic carbocycles. The number of benzene rings is 1. The fourth-order valence-corrected chi connectivity index (χ4v) is 3.82. The van der Waals surface area contributed by atoms with Gasteiger partial charge < -0.3 is 4.90 Å². The largest absolute Gasteiger partial charge is 0.338 e. The van der Waals surface area contributed by atoms with Crippen LogP contribution < -0.4 is 9.80 Å². The summed E-state index contributed by atoms with van der Waals surface area (Å²) >= 11 is 0. The highest BCUT2D eigenvalue weighted by atomic mass is 16.2. The molecule has 0 radical (unpaired) electrons. The van der Waals surface area contributed by atoms with Crippen molar-refractivity contribution in [2.75, 3.05) is 36.0 Å². The molecule has 2 fully saturated rings. The van der Waals surface area contributed by atoms with Crippen LogP contribution in [0.25, 0.3) is 0 Å². The number of hydrogen-bond donors (Lipinski definition) is 0. The molecular weight excluding hydrogens is 342 g/mol. The molecule has 0 saturated carbocycles. The highest BCUT2D eigenvalue weighted by Gasteiger charge is 2.43. The van der Waals surface area contributed by atoms with Crippen LogP contribution in [0.3, 0.4) is 0 Å². The van der Waals surface area contributed by atoms with Crippen molar-refractivity contribution in [2.45, 2.75) is 26.3 Å². The van der Waals surface area contributed by atoms with Crippen LogP contribution in [0.1, 0.15) is 17.5 Å². The topological polar surface area (TPSA) is 69.6 Å². The third-order valence-corrected chi connectivity index (χ3v) is 5.53.